The molecule has 0 aromatic carbocycles. The van der Waals surface area contributed by atoms with Crippen LogP contribution in [0.25, 0.3) is 0 Å². The van der Waals surface area contributed by atoms with Crippen molar-refractivity contribution in [1.82, 2.24) is 15.0 Å². The normalized spacial score (nSPS) is 23.6. The molecule has 1 saturated carbocycles. The Morgan fingerprint density at radius 1 is 1.17 bits per heavy atom. The fraction of sp³-hybridized carbons (Fsp3) is 0.526. The molecule has 2 aliphatic rings. The van der Waals surface area contributed by atoms with E-state index >= 15 is 0 Å². The molecule has 0 radical (unpaired) electrons. The average Bonchev–Trinajstić information content (AvgIpc) is 2.94. The monoisotopic (exact) mass is 434 g/mol. The van der Waals surface area contributed by atoms with Gasteiger partial charge in [-0.25, -0.2) is 15.0 Å². The van der Waals surface area contributed by atoms with Gasteiger partial charge in [-0.3, -0.25) is 0 Å². The molecule has 1 spiro atoms. The van der Waals surface area contributed by atoms with Crippen molar-refractivity contribution in [2.75, 3.05) is 35.2 Å². The molecule has 0 bridgehead atoms. The largest absolute Gasteiger partial charge is 0.384 e. The SMILES string of the molecule is C[C@H]1C[C@@H](N)C2(CCN(c3cnc(Sc4cc(N)nc(N)c4Cl)c(N)n3)CC2)C1. The van der Waals surface area contributed by atoms with Crippen LogP contribution in [0.15, 0.2) is 22.2 Å². The summed E-state index contributed by atoms with van der Waals surface area (Å²) in [4.78, 5) is 15.9. The third-order valence-corrected chi connectivity index (χ3v) is 7.77. The van der Waals surface area contributed by atoms with E-state index in [4.69, 9.17) is 34.5 Å². The van der Waals surface area contributed by atoms with Crippen molar-refractivity contribution < 1.29 is 0 Å². The molecule has 10 heteroatoms. The summed E-state index contributed by atoms with van der Waals surface area (Å²) >= 11 is 7.51. The van der Waals surface area contributed by atoms with Gasteiger partial charge in [0.1, 0.15) is 22.5 Å². The van der Waals surface area contributed by atoms with Crippen LogP contribution in [0.1, 0.15) is 32.6 Å². The lowest BCUT2D eigenvalue weighted by Crippen LogP contribution is -2.47. The van der Waals surface area contributed by atoms with Gasteiger partial charge < -0.3 is 27.8 Å². The van der Waals surface area contributed by atoms with Crippen LogP contribution in [0.3, 0.4) is 0 Å². The summed E-state index contributed by atoms with van der Waals surface area (Å²) in [6, 6.07) is 1.95. The minimum Gasteiger partial charge on any atom is -0.384 e. The number of nitrogens with zero attached hydrogens (tertiary/aromatic N) is 4. The lowest BCUT2D eigenvalue weighted by molar-refractivity contribution is 0.193. The highest BCUT2D eigenvalue weighted by Crippen LogP contribution is 2.48. The summed E-state index contributed by atoms with van der Waals surface area (Å²) in [5.41, 5.74) is 24.5. The maximum absolute atomic E-state index is 6.47. The standard InChI is InChI=1S/C19H27ClN8S/c1-10-6-12(21)19(8-10)2-4-28(5-3-19)14-9-25-18(17(24)27-14)29-11-7-13(22)26-16(23)15(11)20/h7,9-10,12H,2-6,8,21H2,1H3,(H2,24,27)(H4,22,23,26)/t10-,12+/m0/s1. The summed E-state index contributed by atoms with van der Waals surface area (Å²) in [6.45, 7) is 4.15. The van der Waals surface area contributed by atoms with Gasteiger partial charge in [0.05, 0.1) is 11.2 Å². The zero-order valence-electron chi connectivity index (χ0n) is 16.4. The van der Waals surface area contributed by atoms with Crippen molar-refractivity contribution in [2.24, 2.45) is 17.1 Å². The number of pyridine rings is 1. The van der Waals surface area contributed by atoms with E-state index in [-0.39, 0.29) is 11.2 Å². The molecule has 1 aliphatic heterocycles. The van der Waals surface area contributed by atoms with Gasteiger partial charge in [0, 0.05) is 24.0 Å². The Balaban J connectivity index is 1.47. The minimum absolute atomic E-state index is 0.180. The van der Waals surface area contributed by atoms with E-state index < -0.39 is 0 Å². The van der Waals surface area contributed by atoms with Gasteiger partial charge in [-0.2, -0.15) is 0 Å². The summed E-state index contributed by atoms with van der Waals surface area (Å²) in [7, 11) is 0. The highest BCUT2D eigenvalue weighted by Gasteiger charge is 2.45. The topological polar surface area (TPSA) is 146 Å². The highest BCUT2D eigenvalue weighted by molar-refractivity contribution is 7.99. The molecule has 8 N–H and O–H groups in total. The molecular weight excluding hydrogens is 408 g/mol. The molecule has 0 amide bonds. The van der Waals surface area contributed by atoms with E-state index in [0.29, 0.717) is 38.5 Å². The molecule has 1 saturated heterocycles. The zero-order valence-corrected chi connectivity index (χ0v) is 18.0. The van der Waals surface area contributed by atoms with Crippen molar-refractivity contribution in [3.63, 3.8) is 0 Å². The van der Waals surface area contributed by atoms with Crippen LogP contribution in [-0.2, 0) is 0 Å². The van der Waals surface area contributed by atoms with E-state index in [9.17, 15) is 0 Å². The predicted molar refractivity (Wildman–Crippen MR) is 119 cm³/mol. The van der Waals surface area contributed by atoms with Crippen LogP contribution in [0.5, 0.6) is 0 Å². The summed E-state index contributed by atoms with van der Waals surface area (Å²) < 4.78 is 0. The molecule has 2 aromatic rings. The molecule has 156 valence electrons. The van der Waals surface area contributed by atoms with Crippen molar-refractivity contribution >= 4 is 46.6 Å². The molecule has 0 unspecified atom stereocenters. The predicted octanol–water partition coefficient (Wildman–Crippen LogP) is 2.77. The van der Waals surface area contributed by atoms with Gasteiger partial charge in [-0.05, 0) is 43.1 Å². The first-order valence-electron chi connectivity index (χ1n) is 9.80. The maximum Gasteiger partial charge on any atom is 0.158 e. The Bertz CT molecular complexity index is 915. The quantitative estimate of drug-likeness (QED) is 0.572. The van der Waals surface area contributed by atoms with Crippen LogP contribution in [0, 0.1) is 11.3 Å². The van der Waals surface area contributed by atoms with Gasteiger partial charge in [0.25, 0.3) is 0 Å². The Morgan fingerprint density at radius 3 is 2.52 bits per heavy atom. The number of rotatable bonds is 3. The molecular formula is C19H27ClN8S. The van der Waals surface area contributed by atoms with E-state index in [1.807, 2.05) is 0 Å². The Hall–Kier alpha value is -1.97. The lowest BCUT2D eigenvalue weighted by Gasteiger charge is -2.42. The van der Waals surface area contributed by atoms with Crippen molar-refractivity contribution in [3.05, 3.63) is 17.3 Å². The second-order valence-corrected chi connectivity index (χ2v) is 9.67. The van der Waals surface area contributed by atoms with Gasteiger partial charge in [0.2, 0.25) is 0 Å². The number of aromatic nitrogens is 3. The molecule has 2 aromatic heterocycles. The van der Waals surface area contributed by atoms with Crippen LogP contribution in [-0.4, -0.2) is 34.1 Å². The van der Waals surface area contributed by atoms with Gasteiger partial charge in [0.15, 0.2) is 5.82 Å². The minimum atomic E-state index is 0.180. The Labute approximate surface area is 179 Å². The average molecular weight is 435 g/mol. The second kappa shape index (κ2) is 7.70. The number of hydrogen-bond acceptors (Lipinski definition) is 9. The second-order valence-electron chi connectivity index (χ2n) is 8.27. The van der Waals surface area contributed by atoms with Gasteiger partial charge >= 0.3 is 0 Å². The fourth-order valence-corrected chi connectivity index (χ4v) is 5.75. The van der Waals surface area contributed by atoms with Crippen LogP contribution >= 0.6 is 23.4 Å². The molecule has 1 aliphatic carbocycles. The van der Waals surface area contributed by atoms with E-state index in [0.717, 1.165) is 38.2 Å². The van der Waals surface area contributed by atoms with E-state index in [2.05, 4.69) is 26.8 Å². The molecule has 3 heterocycles. The first-order chi connectivity index (χ1) is 13.8. The van der Waals surface area contributed by atoms with Crippen LogP contribution in [0.4, 0.5) is 23.3 Å². The summed E-state index contributed by atoms with van der Waals surface area (Å²) in [6.07, 6.45) is 6.29. The first kappa shape index (κ1) is 20.3. The van der Waals surface area contributed by atoms with Crippen molar-refractivity contribution in [2.45, 2.75) is 48.6 Å². The third-order valence-electron chi connectivity index (χ3n) is 6.21. The number of hydrogen-bond donors (Lipinski definition) is 4. The molecule has 2 atom stereocenters. The zero-order chi connectivity index (χ0) is 20.8. The molecule has 2 fully saturated rings. The highest BCUT2D eigenvalue weighted by atomic mass is 35.5. The van der Waals surface area contributed by atoms with Crippen LogP contribution < -0.4 is 27.8 Å². The Morgan fingerprint density at radius 2 is 1.90 bits per heavy atom. The summed E-state index contributed by atoms with van der Waals surface area (Å²) in [5, 5.41) is 0.888. The summed E-state index contributed by atoms with van der Waals surface area (Å²) in [5.74, 6) is 2.33. The van der Waals surface area contributed by atoms with Crippen LogP contribution in [0.2, 0.25) is 5.02 Å². The van der Waals surface area contributed by atoms with E-state index in [1.54, 1.807) is 12.3 Å². The lowest BCUT2D eigenvalue weighted by atomic mass is 9.74. The molecule has 8 nitrogen and oxygen atoms in total. The number of nitrogen functional groups attached to an aromatic ring is 3. The number of piperidine rings is 1. The number of nitrogens with two attached hydrogens (primary N) is 4. The van der Waals surface area contributed by atoms with Gasteiger partial charge in [-0.15, -0.1) is 0 Å². The maximum atomic E-state index is 6.47. The van der Waals surface area contributed by atoms with Gasteiger partial charge in [-0.1, -0.05) is 30.3 Å². The smallest absolute Gasteiger partial charge is 0.158 e. The number of anilines is 4. The first-order valence-corrected chi connectivity index (χ1v) is 11.0. The molecule has 4 rings (SSSR count). The third kappa shape index (κ3) is 3.91. The van der Waals surface area contributed by atoms with Crippen molar-refractivity contribution in [1.29, 1.82) is 0 Å². The van der Waals surface area contributed by atoms with Crippen molar-refractivity contribution in [3.8, 4) is 0 Å². The van der Waals surface area contributed by atoms with E-state index in [1.165, 1.54) is 18.2 Å². The number of halogens is 1. The fourth-order valence-electron chi connectivity index (χ4n) is 4.70. The molecule has 29 heavy (non-hydrogen) atoms. The Kier molecular flexibility index (Phi) is 5.39.